The van der Waals surface area contributed by atoms with Gasteiger partial charge in [0.15, 0.2) is 5.82 Å². The number of nitrogens with zero attached hydrogens (tertiary/aromatic N) is 5. The van der Waals surface area contributed by atoms with Gasteiger partial charge in [-0.3, -0.25) is 0 Å². The van der Waals surface area contributed by atoms with Crippen LogP contribution in [0.4, 0.5) is 0 Å². The summed E-state index contributed by atoms with van der Waals surface area (Å²) in [6.45, 7) is 11.8. The van der Waals surface area contributed by atoms with Crippen molar-refractivity contribution >= 4 is 9.39 Å². The van der Waals surface area contributed by atoms with Gasteiger partial charge in [-0.15, -0.1) is 10.2 Å². The fraction of sp³-hybridized carbons (Fsp3) is 0.588. The molecule has 5 nitrogen and oxygen atoms in total. The van der Waals surface area contributed by atoms with Crippen LogP contribution in [0.3, 0.4) is 0 Å². The lowest BCUT2D eigenvalue weighted by Crippen LogP contribution is -2.50. The molecule has 1 aliphatic heterocycles. The monoisotopic (exact) mass is 333 g/mol. The third kappa shape index (κ3) is 3.46. The Bertz CT molecular complexity index is 600. The Morgan fingerprint density at radius 1 is 1.26 bits per heavy atom. The number of hydrogen-bond donors (Lipinski definition) is 0. The maximum atomic E-state index is 4.52. The van der Waals surface area contributed by atoms with Crippen LogP contribution in [0, 0.1) is 5.92 Å². The third-order valence-corrected chi connectivity index (χ3v) is 4.98. The predicted octanol–water partition coefficient (Wildman–Crippen LogP) is 2.99. The second-order valence-electron chi connectivity index (χ2n) is 5.82. The Balaban J connectivity index is 0.000000924. The molecule has 1 aromatic carbocycles. The second-order valence-corrected chi connectivity index (χ2v) is 6.28. The Morgan fingerprint density at radius 2 is 1.96 bits per heavy atom. The highest BCUT2D eigenvalue weighted by Crippen LogP contribution is 2.43. The van der Waals surface area contributed by atoms with Gasteiger partial charge < -0.3 is 4.90 Å². The topological polar surface area (TPSA) is 46.8 Å². The van der Waals surface area contributed by atoms with Gasteiger partial charge in [0.2, 0.25) is 0 Å². The van der Waals surface area contributed by atoms with E-state index in [4.69, 9.17) is 0 Å². The lowest BCUT2D eigenvalue weighted by atomic mass is 9.66. The third-order valence-electron chi connectivity index (χ3n) is 4.76. The van der Waals surface area contributed by atoms with Crippen LogP contribution in [-0.4, -0.2) is 44.5 Å². The fourth-order valence-electron chi connectivity index (χ4n) is 3.53. The summed E-state index contributed by atoms with van der Waals surface area (Å²) in [4.78, 5) is 2.50. The van der Waals surface area contributed by atoms with Crippen LogP contribution in [0.25, 0.3) is 0 Å². The summed E-state index contributed by atoms with van der Waals surface area (Å²) in [5, 5.41) is 12.9. The summed E-state index contributed by atoms with van der Waals surface area (Å²) in [6, 6.07) is 10.6. The van der Waals surface area contributed by atoms with Crippen LogP contribution in [0.1, 0.15) is 45.5 Å². The number of hydrogen-bond acceptors (Lipinski definition) is 4. The molecule has 0 amide bonds. The van der Waals surface area contributed by atoms with Crippen LogP contribution in [-0.2, 0) is 5.41 Å². The molecule has 0 spiro atoms. The van der Waals surface area contributed by atoms with E-state index in [0.29, 0.717) is 5.92 Å². The van der Waals surface area contributed by atoms with Crippen LogP contribution in [0.2, 0.25) is 0 Å². The summed E-state index contributed by atoms with van der Waals surface area (Å²) in [6.07, 6.45) is 1.03. The van der Waals surface area contributed by atoms with Crippen LogP contribution in [0.5, 0.6) is 0 Å². The molecule has 6 heteroatoms. The number of tetrazole rings is 1. The normalized spacial score (nSPS) is 24.8. The average molecular weight is 333 g/mol. The standard InChI is InChI=1S/C15H22N5P.C2H6/c1-3-19-10-9-15(12(2)11-19,13-7-5-4-6-8-13)14-16-18-20(21)17-14;1-2/h4-8,12H,3,9-11,21H2,1-2H3;1-2H3. The minimum Gasteiger partial charge on any atom is -0.303 e. The van der Waals surface area contributed by atoms with E-state index in [9.17, 15) is 0 Å². The van der Waals surface area contributed by atoms with Crippen molar-refractivity contribution in [2.45, 2.75) is 39.5 Å². The number of benzene rings is 1. The molecule has 3 rings (SSSR count). The molecule has 0 saturated carbocycles. The minimum atomic E-state index is -0.137. The van der Waals surface area contributed by atoms with Gasteiger partial charge in [0.25, 0.3) is 0 Å². The van der Waals surface area contributed by atoms with Crippen molar-refractivity contribution in [3.05, 3.63) is 41.7 Å². The Kier molecular flexibility index (Phi) is 6.25. The second kappa shape index (κ2) is 7.98. The fourth-order valence-corrected chi connectivity index (χ4v) is 3.69. The zero-order valence-electron chi connectivity index (χ0n) is 14.6. The summed E-state index contributed by atoms with van der Waals surface area (Å²) < 4.78 is 1.49. The van der Waals surface area contributed by atoms with Gasteiger partial charge in [-0.2, -0.15) is 4.57 Å². The summed E-state index contributed by atoms with van der Waals surface area (Å²) in [7, 11) is 2.47. The summed E-state index contributed by atoms with van der Waals surface area (Å²) in [5.41, 5.74) is 1.16. The molecule has 1 aromatic heterocycles. The van der Waals surface area contributed by atoms with Gasteiger partial charge in [0.1, 0.15) is 0 Å². The van der Waals surface area contributed by atoms with Gasteiger partial charge in [-0.05, 0) is 36.2 Å². The molecule has 23 heavy (non-hydrogen) atoms. The molecule has 0 radical (unpaired) electrons. The average Bonchev–Trinajstić information content (AvgIpc) is 3.04. The molecule has 3 unspecified atom stereocenters. The molecule has 126 valence electrons. The molecule has 1 aliphatic rings. The van der Waals surface area contributed by atoms with Crippen molar-refractivity contribution in [1.82, 2.24) is 24.9 Å². The highest BCUT2D eigenvalue weighted by Gasteiger charge is 2.46. The van der Waals surface area contributed by atoms with Crippen molar-refractivity contribution in [3.63, 3.8) is 0 Å². The van der Waals surface area contributed by atoms with E-state index in [1.807, 2.05) is 13.8 Å². The smallest absolute Gasteiger partial charge is 0.185 e. The summed E-state index contributed by atoms with van der Waals surface area (Å²) >= 11 is 0. The Hall–Kier alpha value is -1.32. The van der Waals surface area contributed by atoms with E-state index in [0.717, 1.165) is 31.9 Å². The van der Waals surface area contributed by atoms with Crippen molar-refractivity contribution in [2.24, 2.45) is 5.92 Å². The van der Waals surface area contributed by atoms with E-state index in [1.165, 1.54) is 10.1 Å². The van der Waals surface area contributed by atoms with Crippen LogP contribution in [0.15, 0.2) is 30.3 Å². The van der Waals surface area contributed by atoms with Crippen molar-refractivity contribution in [2.75, 3.05) is 19.6 Å². The first-order valence-corrected chi connectivity index (χ1v) is 9.02. The van der Waals surface area contributed by atoms with E-state index in [2.05, 4.69) is 73.9 Å². The van der Waals surface area contributed by atoms with Gasteiger partial charge in [-0.25, -0.2) is 0 Å². The largest absolute Gasteiger partial charge is 0.303 e. The van der Waals surface area contributed by atoms with Crippen molar-refractivity contribution in [1.29, 1.82) is 0 Å². The first-order valence-electron chi connectivity index (χ1n) is 8.50. The highest BCUT2D eigenvalue weighted by molar-refractivity contribution is 7.14. The van der Waals surface area contributed by atoms with Crippen LogP contribution < -0.4 is 0 Å². The van der Waals surface area contributed by atoms with Gasteiger partial charge in [-0.1, -0.05) is 58.0 Å². The molecular formula is C17H28N5P. The van der Waals surface area contributed by atoms with E-state index in [-0.39, 0.29) is 5.41 Å². The molecular weight excluding hydrogens is 305 g/mol. The zero-order valence-corrected chi connectivity index (χ0v) is 15.8. The van der Waals surface area contributed by atoms with Crippen LogP contribution >= 0.6 is 9.39 Å². The summed E-state index contributed by atoms with van der Waals surface area (Å²) in [5.74, 6) is 1.29. The molecule has 0 N–H and O–H groups in total. The molecule has 3 atom stereocenters. The Morgan fingerprint density at radius 3 is 2.48 bits per heavy atom. The maximum Gasteiger partial charge on any atom is 0.185 e. The lowest BCUT2D eigenvalue weighted by Gasteiger charge is -2.45. The zero-order chi connectivity index (χ0) is 16.9. The number of piperidine rings is 1. The number of aromatic nitrogens is 4. The predicted molar refractivity (Wildman–Crippen MR) is 97.4 cm³/mol. The molecule has 1 fully saturated rings. The molecule has 0 bridgehead atoms. The van der Waals surface area contributed by atoms with E-state index < -0.39 is 0 Å². The quantitative estimate of drug-likeness (QED) is 0.810. The highest BCUT2D eigenvalue weighted by atomic mass is 31.0. The molecule has 2 heterocycles. The number of rotatable bonds is 3. The molecule has 2 aromatic rings. The van der Waals surface area contributed by atoms with E-state index in [1.54, 1.807) is 0 Å². The van der Waals surface area contributed by atoms with Gasteiger partial charge >= 0.3 is 0 Å². The van der Waals surface area contributed by atoms with Crippen molar-refractivity contribution < 1.29 is 0 Å². The van der Waals surface area contributed by atoms with E-state index >= 15 is 0 Å². The molecule has 1 saturated heterocycles. The minimum absolute atomic E-state index is 0.137. The first kappa shape index (κ1) is 18.0. The van der Waals surface area contributed by atoms with Gasteiger partial charge in [0, 0.05) is 15.9 Å². The lowest BCUT2D eigenvalue weighted by molar-refractivity contribution is 0.123. The number of likely N-dealkylation sites (tertiary alicyclic amines) is 1. The molecule has 0 aliphatic carbocycles. The SMILES string of the molecule is CC.CCN1CCC(c2ccccc2)(c2nnn(P)n2)C(C)C1. The maximum absolute atomic E-state index is 4.52. The van der Waals surface area contributed by atoms with Gasteiger partial charge in [0.05, 0.1) is 5.41 Å². The Labute approximate surface area is 141 Å². The van der Waals surface area contributed by atoms with Crippen molar-refractivity contribution in [3.8, 4) is 0 Å². The first-order chi connectivity index (χ1) is 11.2.